The van der Waals surface area contributed by atoms with Gasteiger partial charge in [-0.05, 0) is 36.6 Å². The van der Waals surface area contributed by atoms with Crippen LogP contribution in [0.1, 0.15) is 30.0 Å². The van der Waals surface area contributed by atoms with Crippen molar-refractivity contribution in [1.29, 1.82) is 0 Å². The van der Waals surface area contributed by atoms with Crippen LogP contribution in [-0.2, 0) is 9.53 Å². The van der Waals surface area contributed by atoms with E-state index in [0.29, 0.717) is 45.1 Å². The molecule has 0 amide bonds. The van der Waals surface area contributed by atoms with E-state index >= 15 is 0 Å². The van der Waals surface area contributed by atoms with Crippen LogP contribution in [0.25, 0.3) is 10.4 Å². The highest BCUT2D eigenvalue weighted by Crippen LogP contribution is 2.43. The van der Waals surface area contributed by atoms with Crippen molar-refractivity contribution >= 4 is 39.1 Å². The van der Waals surface area contributed by atoms with Crippen LogP contribution in [0.2, 0.25) is 0 Å². The normalized spacial score (nSPS) is 20.5. The molecule has 2 aromatic rings. The van der Waals surface area contributed by atoms with Crippen molar-refractivity contribution < 1.29 is 13.9 Å². The summed E-state index contributed by atoms with van der Waals surface area (Å²) >= 11 is 4.81. The maximum Gasteiger partial charge on any atom is 0.338 e. The SMILES string of the molecule is CCOC(=O)C1=C2C(N=[N+]=[N-])CCN2C(c2nccs2)=N[C@H]1c1ccc(F)cc1Br. The number of benzene rings is 1. The van der Waals surface area contributed by atoms with Gasteiger partial charge in [0.15, 0.2) is 10.8 Å². The summed E-state index contributed by atoms with van der Waals surface area (Å²) in [5.74, 6) is -0.365. The highest BCUT2D eigenvalue weighted by molar-refractivity contribution is 9.10. The molecule has 1 saturated heterocycles. The molecule has 0 bridgehead atoms. The van der Waals surface area contributed by atoms with Gasteiger partial charge in [0.25, 0.3) is 0 Å². The molecule has 154 valence electrons. The molecule has 8 nitrogen and oxygen atoms in total. The first-order valence-corrected chi connectivity index (χ1v) is 10.9. The number of hydrogen-bond donors (Lipinski definition) is 0. The summed E-state index contributed by atoms with van der Waals surface area (Å²) in [6.07, 6.45) is 2.21. The molecule has 1 aromatic carbocycles. The monoisotopic (exact) mass is 490 g/mol. The van der Waals surface area contributed by atoms with Crippen LogP contribution in [0.5, 0.6) is 0 Å². The second kappa shape index (κ2) is 8.55. The lowest BCUT2D eigenvalue weighted by molar-refractivity contribution is -0.139. The molecule has 0 spiro atoms. The molecule has 11 heteroatoms. The Bertz CT molecular complexity index is 1100. The number of thiazole rings is 1. The van der Waals surface area contributed by atoms with Crippen molar-refractivity contribution in [3.63, 3.8) is 0 Å². The van der Waals surface area contributed by atoms with E-state index in [2.05, 4.69) is 30.9 Å². The van der Waals surface area contributed by atoms with Crippen LogP contribution in [0, 0.1) is 5.82 Å². The predicted octanol–water partition coefficient (Wildman–Crippen LogP) is 4.75. The highest BCUT2D eigenvalue weighted by Gasteiger charge is 2.43. The Kier molecular flexibility index (Phi) is 5.85. The molecule has 0 aliphatic carbocycles. The average molecular weight is 491 g/mol. The van der Waals surface area contributed by atoms with Gasteiger partial charge in [0.2, 0.25) is 0 Å². The van der Waals surface area contributed by atoms with E-state index in [4.69, 9.17) is 15.3 Å². The number of nitrogens with zero attached hydrogens (tertiary/aromatic N) is 6. The molecule has 30 heavy (non-hydrogen) atoms. The van der Waals surface area contributed by atoms with Crippen molar-refractivity contribution in [2.24, 2.45) is 10.1 Å². The van der Waals surface area contributed by atoms with Crippen molar-refractivity contribution in [3.8, 4) is 0 Å². The molecule has 0 N–H and O–H groups in total. The summed E-state index contributed by atoms with van der Waals surface area (Å²) < 4.78 is 19.5. The summed E-state index contributed by atoms with van der Waals surface area (Å²) in [4.78, 5) is 27.1. The van der Waals surface area contributed by atoms with Gasteiger partial charge in [-0.1, -0.05) is 27.1 Å². The smallest absolute Gasteiger partial charge is 0.338 e. The maximum atomic E-state index is 13.7. The molecule has 0 saturated carbocycles. The summed E-state index contributed by atoms with van der Waals surface area (Å²) in [6, 6.07) is 2.92. The van der Waals surface area contributed by atoms with E-state index in [-0.39, 0.29) is 6.61 Å². The van der Waals surface area contributed by atoms with Gasteiger partial charge >= 0.3 is 5.97 Å². The van der Waals surface area contributed by atoms with Gasteiger partial charge < -0.3 is 9.64 Å². The Morgan fingerprint density at radius 3 is 3.03 bits per heavy atom. The molecule has 3 heterocycles. The first-order valence-electron chi connectivity index (χ1n) is 9.20. The quantitative estimate of drug-likeness (QED) is 0.261. The third kappa shape index (κ3) is 3.60. The summed E-state index contributed by atoms with van der Waals surface area (Å²) in [7, 11) is 0. The Morgan fingerprint density at radius 2 is 2.37 bits per heavy atom. The molecule has 2 atom stereocenters. The van der Waals surface area contributed by atoms with Crippen LogP contribution < -0.4 is 0 Å². The number of rotatable bonds is 5. The lowest BCUT2D eigenvalue weighted by Gasteiger charge is -2.32. The number of carbonyl (C=O) groups excluding carboxylic acids is 1. The van der Waals surface area contributed by atoms with E-state index in [1.54, 1.807) is 19.2 Å². The molecular weight excluding hydrogens is 475 g/mol. The lowest BCUT2D eigenvalue weighted by atomic mass is 9.93. The second-order valence-corrected chi connectivity index (χ2v) is 8.29. The van der Waals surface area contributed by atoms with Crippen LogP contribution >= 0.6 is 27.3 Å². The van der Waals surface area contributed by atoms with Gasteiger partial charge in [0.05, 0.1) is 18.2 Å². The minimum absolute atomic E-state index is 0.183. The van der Waals surface area contributed by atoms with Gasteiger partial charge in [-0.3, -0.25) is 4.99 Å². The average Bonchev–Trinajstić information content (AvgIpc) is 3.38. The summed E-state index contributed by atoms with van der Waals surface area (Å²) in [6.45, 7) is 2.43. The number of esters is 1. The lowest BCUT2D eigenvalue weighted by Crippen LogP contribution is -2.36. The molecule has 1 aromatic heterocycles. The van der Waals surface area contributed by atoms with E-state index in [9.17, 15) is 9.18 Å². The Hall–Kier alpha value is -2.75. The topological polar surface area (TPSA) is 104 Å². The zero-order chi connectivity index (χ0) is 21.3. The molecular formula is C19H16BrFN6O2S. The van der Waals surface area contributed by atoms with E-state index < -0.39 is 23.9 Å². The standard InChI is InChI=1S/C19H16BrFN6O2S/c1-2-29-19(28)14-15(11-4-3-10(21)9-12(11)20)24-17(18-23-6-8-30-18)27-7-5-13(16(14)27)25-26-22/h3-4,6,8-9,13,15H,2,5,7H2,1H3/t13?,15-/m0/s1. The number of ether oxygens (including phenoxy) is 1. The van der Waals surface area contributed by atoms with E-state index in [1.807, 2.05) is 10.3 Å². The minimum atomic E-state index is -0.765. The van der Waals surface area contributed by atoms with Crippen LogP contribution in [-0.4, -0.2) is 40.9 Å². The number of amidine groups is 1. The third-order valence-corrected chi connectivity index (χ3v) is 6.31. The Labute approximate surface area is 183 Å². The van der Waals surface area contributed by atoms with Gasteiger partial charge in [0.1, 0.15) is 11.9 Å². The van der Waals surface area contributed by atoms with E-state index in [1.165, 1.54) is 23.5 Å². The van der Waals surface area contributed by atoms with Crippen LogP contribution in [0.4, 0.5) is 4.39 Å². The zero-order valence-electron chi connectivity index (χ0n) is 15.8. The molecule has 2 aliphatic rings. The van der Waals surface area contributed by atoms with Gasteiger partial charge in [-0.2, -0.15) is 0 Å². The Morgan fingerprint density at radius 1 is 1.53 bits per heavy atom. The highest BCUT2D eigenvalue weighted by atomic mass is 79.9. The first kappa shape index (κ1) is 20.5. The number of halogens is 2. The fourth-order valence-electron chi connectivity index (χ4n) is 3.68. The summed E-state index contributed by atoms with van der Waals surface area (Å²) in [5.41, 5.74) is 10.5. The maximum absolute atomic E-state index is 13.7. The predicted molar refractivity (Wildman–Crippen MR) is 113 cm³/mol. The molecule has 1 unspecified atom stereocenters. The van der Waals surface area contributed by atoms with Crippen LogP contribution in [0.3, 0.4) is 0 Å². The number of carbonyl (C=O) groups is 1. The van der Waals surface area contributed by atoms with Gasteiger partial charge in [0, 0.05) is 33.2 Å². The Balaban J connectivity index is 1.97. The molecule has 1 fully saturated rings. The van der Waals surface area contributed by atoms with Crippen molar-refractivity contribution in [2.75, 3.05) is 13.2 Å². The third-order valence-electron chi connectivity index (χ3n) is 4.86. The van der Waals surface area contributed by atoms with E-state index in [0.717, 1.165) is 0 Å². The van der Waals surface area contributed by atoms with Crippen LogP contribution in [0.15, 0.2) is 55.6 Å². The molecule has 2 aliphatic heterocycles. The number of hydrogen-bond acceptors (Lipinski definition) is 7. The number of aromatic nitrogens is 1. The fraction of sp³-hybridized carbons (Fsp3) is 0.316. The molecule has 0 radical (unpaired) electrons. The number of fused-ring (bicyclic) bond motifs is 1. The summed E-state index contributed by atoms with van der Waals surface area (Å²) in [5, 5.41) is 6.43. The fourth-order valence-corrected chi connectivity index (χ4v) is 4.89. The minimum Gasteiger partial charge on any atom is -0.463 e. The van der Waals surface area contributed by atoms with Crippen molar-refractivity contribution in [1.82, 2.24) is 9.88 Å². The second-order valence-electron chi connectivity index (χ2n) is 6.54. The number of aliphatic imine (C=N–C) groups is 1. The largest absolute Gasteiger partial charge is 0.463 e. The number of azide groups is 1. The molecule has 4 rings (SSSR count). The zero-order valence-corrected chi connectivity index (χ0v) is 18.2. The van der Waals surface area contributed by atoms with Crippen molar-refractivity contribution in [2.45, 2.75) is 25.4 Å². The van der Waals surface area contributed by atoms with Gasteiger partial charge in [-0.15, -0.1) is 11.3 Å². The van der Waals surface area contributed by atoms with Gasteiger partial charge in [-0.25, -0.2) is 14.2 Å². The van der Waals surface area contributed by atoms with Crippen molar-refractivity contribution in [3.05, 3.63) is 72.4 Å². The first-order chi connectivity index (χ1) is 14.5.